The monoisotopic (exact) mass is 181 g/mol. The first-order valence-corrected chi connectivity index (χ1v) is 5.51. The first-order chi connectivity index (χ1) is 6.22. The molecule has 0 heterocycles. The van der Waals surface area contributed by atoms with Crippen molar-refractivity contribution in [1.82, 2.24) is 0 Å². The fraction of sp³-hybridized carbons (Fsp3) is 0.909. The molecule has 2 bridgehead atoms. The number of rotatable bonds is 3. The minimum absolute atomic E-state index is 0.190. The average Bonchev–Trinajstić information content (AvgIpc) is 2.76. The molecule has 2 fully saturated rings. The molecule has 3 unspecified atom stereocenters. The summed E-state index contributed by atoms with van der Waals surface area (Å²) in [5.41, 5.74) is 5.78. The predicted octanol–water partition coefficient (Wildman–Crippen LogP) is 1.73. The van der Waals surface area contributed by atoms with Gasteiger partial charge in [-0.2, -0.15) is 0 Å². The van der Waals surface area contributed by atoms with Crippen molar-refractivity contribution in [2.45, 2.75) is 45.1 Å². The lowest BCUT2D eigenvalue weighted by Gasteiger charge is -2.22. The smallest absolute Gasteiger partial charge is 0.152 e. The number of nitrogens with two attached hydrogens (primary N) is 1. The second-order valence-electron chi connectivity index (χ2n) is 4.70. The summed E-state index contributed by atoms with van der Waals surface area (Å²) in [6.45, 7) is 2.00. The van der Waals surface area contributed by atoms with Gasteiger partial charge in [0.15, 0.2) is 5.78 Å². The van der Waals surface area contributed by atoms with Gasteiger partial charge in [-0.1, -0.05) is 13.3 Å². The van der Waals surface area contributed by atoms with E-state index in [-0.39, 0.29) is 6.04 Å². The van der Waals surface area contributed by atoms with Crippen LogP contribution in [0.3, 0.4) is 0 Å². The van der Waals surface area contributed by atoms with E-state index in [1.165, 1.54) is 19.3 Å². The molecular weight excluding hydrogens is 162 g/mol. The molecule has 0 aromatic rings. The lowest BCUT2D eigenvalue weighted by atomic mass is 9.83. The van der Waals surface area contributed by atoms with Crippen molar-refractivity contribution in [3.05, 3.63) is 0 Å². The van der Waals surface area contributed by atoms with Gasteiger partial charge in [-0.3, -0.25) is 4.79 Å². The van der Waals surface area contributed by atoms with Crippen molar-refractivity contribution in [3.8, 4) is 0 Å². The maximum Gasteiger partial charge on any atom is 0.152 e. The molecule has 0 spiro atoms. The Balaban J connectivity index is 1.98. The van der Waals surface area contributed by atoms with Crippen LogP contribution in [0.5, 0.6) is 0 Å². The van der Waals surface area contributed by atoms with Gasteiger partial charge in [-0.05, 0) is 37.5 Å². The molecule has 0 aliphatic heterocycles. The van der Waals surface area contributed by atoms with Crippen LogP contribution in [0.25, 0.3) is 0 Å². The molecule has 2 saturated carbocycles. The largest absolute Gasteiger partial charge is 0.322 e. The zero-order chi connectivity index (χ0) is 9.42. The summed E-state index contributed by atoms with van der Waals surface area (Å²) >= 11 is 0. The molecule has 2 nitrogen and oxygen atoms in total. The van der Waals surface area contributed by atoms with E-state index < -0.39 is 0 Å². The van der Waals surface area contributed by atoms with Crippen LogP contribution < -0.4 is 5.73 Å². The zero-order valence-corrected chi connectivity index (χ0v) is 8.33. The Morgan fingerprint density at radius 2 is 2.23 bits per heavy atom. The maximum atomic E-state index is 11.8. The summed E-state index contributed by atoms with van der Waals surface area (Å²) in [7, 11) is 0. The highest BCUT2D eigenvalue weighted by Gasteiger charge is 2.43. The van der Waals surface area contributed by atoms with Gasteiger partial charge < -0.3 is 5.73 Å². The second-order valence-corrected chi connectivity index (χ2v) is 4.70. The minimum atomic E-state index is -0.190. The molecule has 2 N–H and O–H groups in total. The van der Waals surface area contributed by atoms with E-state index in [1.807, 2.05) is 6.92 Å². The third-order valence-corrected chi connectivity index (χ3v) is 3.91. The minimum Gasteiger partial charge on any atom is -0.322 e. The van der Waals surface area contributed by atoms with Crippen molar-refractivity contribution in [2.75, 3.05) is 0 Å². The van der Waals surface area contributed by atoms with Crippen LogP contribution in [-0.2, 0) is 4.79 Å². The molecule has 4 atom stereocenters. The van der Waals surface area contributed by atoms with Crippen LogP contribution in [0.1, 0.15) is 39.0 Å². The highest BCUT2D eigenvalue weighted by molar-refractivity contribution is 5.86. The molecule has 2 aliphatic carbocycles. The lowest BCUT2D eigenvalue weighted by molar-refractivity contribution is -0.125. The van der Waals surface area contributed by atoms with E-state index in [4.69, 9.17) is 5.73 Å². The number of carbonyl (C=O) groups is 1. The molecule has 0 aromatic heterocycles. The third-order valence-electron chi connectivity index (χ3n) is 3.91. The highest BCUT2D eigenvalue weighted by atomic mass is 16.1. The fourth-order valence-corrected chi connectivity index (χ4v) is 3.07. The number of carbonyl (C=O) groups excluding carboxylic acids is 1. The molecule has 13 heavy (non-hydrogen) atoms. The van der Waals surface area contributed by atoms with Crippen molar-refractivity contribution in [3.63, 3.8) is 0 Å². The van der Waals surface area contributed by atoms with Gasteiger partial charge in [-0.15, -0.1) is 0 Å². The highest BCUT2D eigenvalue weighted by Crippen LogP contribution is 2.48. The van der Waals surface area contributed by atoms with Crippen molar-refractivity contribution in [2.24, 2.45) is 23.5 Å². The molecular formula is C11H19NO. The number of fused-ring (bicyclic) bond motifs is 2. The summed E-state index contributed by atoms with van der Waals surface area (Å²) in [5.74, 6) is 2.21. The maximum absolute atomic E-state index is 11.8. The van der Waals surface area contributed by atoms with E-state index in [1.54, 1.807) is 0 Å². The molecule has 0 radical (unpaired) electrons. The molecule has 2 aliphatic rings. The first-order valence-electron chi connectivity index (χ1n) is 5.51. The van der Waals surface area contributed by atoms with E-state index in [9.17, 15) is 4.79 Å². The Morgan fingerprint density at radius 1 is 1.46 bits per heavy atom. The lowest BCUT2D eigenvalue weighted by Crippen LogP contribution is -2.37. The standard InChI is InChI=1S/C11H19NO/c1-2-10(12)11(13)9-6-7-3-4-8(9)5-7/h7-10H,2-6,12H2,1H3/t7?,8?,9?,10-/m1/s1. The van der Waals surface area contributed by atoms with Crippen molar-refractivity contribution < 1.29 is 4.79 Å². The third kappa shape index (κ3) is 1.52. The Hall–Kier alpha value is -0.370. The molecule has 2 rings (SSSR count). The molecule has 74 valence electrons. The van der Waals surface area contributed by atoms with Crippen molar-refractivity contribution >= 4 is 5.78 Å². The predicted molar refractivity (Wildman–Crippen MR) is 52.2 cm³/mol. The van der Waals surface area contributed by atoms with Crippen molar-refractivity contribution in [1.29, 1.82) is 0 Å². The van der Waals surface area contributed by atoms with Gasteiger partial charge in [0.25, 0.3) is 0 Å². The fourth-order valence-electron chi connectivity index (χ4n) is 3.07. The Kier molecular flexibility index (Phi) is 2.41. The Morgan fingerprint density at radius 3 is 2.69 bits per heavy atom. The van der Waals surface area contributed by atoms with Gasteiger partial charge in [0, 0.05) is 5.92 Å². The van der Waals surface area contributed by atoms with Gasteiger partial charge in [0.2, 0.25) is 0 Å². The molecule has 0 saturated heterocycles. The summed E-state index contributed by atoms with van der Waals surface area (Å²) < 4.78 is 0. The Bertz CT molecular complexity index is 214. The van der Waals surface area contributed by atoms with Crippen LogP contribution in [0.15, 0.2) is 0 Å². The summed E-state index contributed by atoms with van der Waals surface area (Å²) in [6.07, 6.45) is 5.87. The van der Waals surface area contributed by atoms with E-state index >= 15 is 0 Å². The topological polar surface area (TPSA) is 43.1 Å². The van der Waals surface area contributed by atoms with Gasteiger partial charge in [0.05, 0.1) is 6.04 Å². The van der Waals surface area contributed by atoms with E-state index in [0.29, 0.717) is 17.6 Å². The summed E-state index contributed by atoms with van der Waals surface area (Å²) in [6, 6.07) is -0.190. The summed E-state index contributed by atoms with van der Waals surface area (Å²) in [5, 5.41) is 0. The van der Waals surface area contributed by atoms with Crippen LogP contribution in [0.4, 0.5) is 0 Å². The summed E-state index contributed by atoms with van der Waals surface area (Å²) in [4.78, 5) is 11.8. The Labute approximate surface area is 79.9 Å². The average molecular weight is 181 g/mol. The first kappa shape index (κ1) is 9.20. The van der Waals surface area contributed by atoms with E-state index in [0.717, 1.165) is 18.8 Å². The normalized spacial score (nSPS) is 39.4. The molecule has 0 amide bonds. The van der Waals surface area contributed by atoms with Crippen LogP contribution in [0.2, 0.25) is 0 Å². The second kappa shape index (κ2) is 3.41. The number of hydrogen-bond acceptors (Lipinski definition) is 2. The van der Waals surface area contributed by atoms with Gasteiger partial charge in [0.1, 0.15) is 0 Å². The quantitative estimate of drug-likeness (QED) is 0.720. The zero-order valence-electron chi connectivity index (χ0n) is 8.33. The van der Waals surface area contributed by atoms with E-state index in [2.05, 4.69) is 0 Å². The van der Waals surface area contributed by atoms with Gasteiger partial charge >= 0.3 is 0 Å². The van der Waals surface area contributed by atoms with Crippen LogP contribution in [0, 0.1) is 17.8 Å². The number of hydrogen-bond donors (Lipinski definition) is 1. The number of ketones is 1. The SMILES string of the molecule is CC[C@@H](N)C(=O)C1CC2CCC1C2. The molecule has 0 aromatic carbocycles. The van der Waals surface area contributed by atoms with Crippen LogP contribution >= 0.6 is 0 Å². The van der Waals surface area contributed by atoms with Crippen LogP contribution in [-0.4, -0.2) is 11.8 Å². The number of Topliss-reactive ketones (excluding diaryl/α,β-unsaturated/α-hetero) is 1. The molecule has 2 heteroatoms. The van der Waals surface area contributed by atoms with Gasteiger partial charge in [-0.25, -0.2) is 0 Å².